The monoisotopic (exact) mass is 239 g/mol. The number of amides is 1. The van der Waals surface area contributed by atoms with Crippen LogP contribution in [0.1, 0.15) is 10.4 Å². The van der Waals surface area contributed by atoms with Crippen LogP contribution < -0.4 is 16.4 Å². The maximum Gasteiger partial charge on any atom is 0.248 e. The van der Waals surface area contributed by atoms with Crippen LogP contribution in [-0.2, 0) is 0 Å². The molecular formula is C11H17N3OS. The molecule has 0 spiro atoms. The first-order valence-corrected chi connectivity index (χ1v) is 6.35. The Balaban J connectivity index is 2.85. The zero-order chi connectivity index (χ0) is 12.1. The lowest BCUT2D eigenvalue weighted by molar-refractivity contribution is 0.100. The van der Waals surface area contributed by atoms with Crippen LogP contribution in [0.5, 0.6) is 0 Å². The quantitative estimate of drug-likeness (QED) is 0.756. The average Bonchev–Trinajstić information content (AvgIpc) is 2.25. The topological polar surface area (TPSA) is 72.3 Å². The molecule has 0 fully saturated rings. The highest BCUT2D eigenvalue weighted by Crippen LogP contribution is 2.23. The molecule has 0 atom stereocenters. The molecule has 0 aliphatic rings. The van der Waals surface area contributed by atoms with Gasteiger partial charge in [0.2, 0.25) is 5.91 Å². The maximum absolute atomic E-state index is 11.0. The number of anilines is 2. The number of benzene rings is 1. The Bertz CT molecular complexity index is 381. The minimum atomic E-state index is -0.454. The fourth-order valence-corrected chi connectivity index (χ4v) is 1.86. The largest absolute Gasteiger partial charge is 0.397 e. The molecule has 0 radical (unpaired) electrons. The summed E-state index contributed by atoms with van der Waals surface area (Å²) < 4.78 is 0. The first kappa shape index (κ1) is 12.7. The van der Waals surface area contributed by atoms with Crippen molar-refractivity contribution in [1.29, 1.82) is 0 Å². The van der Waals surface area contributed by atoms with E-state index in [1.54, 1.807) is 23.9 Å². The average molecular weight is 239 g/mol. The van der Waals surface area contributed by atoms with Crippen LogP contribution in [-0.4, -0.2) is 31.5 Å². The molecule has 0 saturated carbocycles. The van der Waals surface area contributed by atoms with Crippen LogP contribution in [0.3, 0.4) is 0 Å². The number of nitrogens with two attached hydrogens (primary N) is 2. The van der Waals surface area contributed by atoms with Crippen molar-refractivity contribution in [3.05, 3.63) is 23.8 Å². The number of nitrogen functional groups attached to an aromatic ring is 1. The lowest BCUT2D eigenvalue weighted by Gasteiger charge is -2.20. The summed E-state index contributed by atoms with van der Waals surface area (Å²) in [6.45, 7) is 0.918. The minimum absolute atomic E-state index is 0.444. The van der Waals surface area contributed by atoms with Crippen LogP contribution >= 0.6 is 11.8 Å². The van der Waals surface area contributed by atoms with Crippen molar-refractivity contribution >= 4 is 29.0 Å². The van der Waals surface area contributed by atoms with Gasteiger partial charge >= 0.3 is 0 Å². The molecule has 1 rings (SSSR count). The van der Waals surface area contributed by atoms with Crippen molar-refractivity contribution in [3.8, 4) is 0 Å². The second-order valence-corrected chi connectivity index (χ2v) is 4.54. The molecule has 1 aromatic rings. The number of thioether (sulfide) groups is 1. The van der Waals surface area contributed by atoms with Gasteiger partial charge in [0, 0.05) is 24.9 Å². The smallest absolute Gasteiger partial charge is 0.248 e. The Hall–Kier alpha value is -1.36. The third-order valence-electron chi connectivity index (χ3n) is 2.35. The van der Waals surface area contributed by atoms with Gasteiger partial charge in [-0.3, -0.25) is 4.79 Å². The Labute approximate surface area is 100.0 Å². The van der Waals surface area contributed by atoms with E-state index in [0.29, 0.717) is 11.3 Å². The number of nitrogens with zero attached hydrogens (tertiary/aromatic N) is 1. The Morgan fingerprint density at radius 3 is 2.69 bits per heavy atom. The third kappa shape index (κ3) is 3.06. The van der Waals surface area contributed by atoms with Gasteiger partial charge in [0.1, 0.15) is 0 Å². The van der Waals surface area contributed by atoms with Crippen LogP contribution in [0.15, 0.2) is 18.2 Å². The molecule has 0 aliphatic heterocycles. The third-order valence-corrected chi connectivity index (χ3v) is 2.94. The summed E-state index contributed by atoms with van der Waals surface area (Å²) in [5, 5.41) is 0. The Morgan fingerprint density at radius 2 is 2.19 bits per heavy atom. The van der Waals surface area contributed by atoms with Crippen LogP contribution in [0.4, 0.5) is 11.4 Å². The summed E-state index contributed by atoms with van der Waals surface area (Å²) >= 11 is 1.78. The van der Waals surface area contributed by atoms with E-state index in [4.69, 9.17) is 11.5 Å². The summed E-state index contributed by atoms with van der Waals surface area (Å²) in [5.74, 6) is 0.582. The SMILES string of the molecule is CSCCN(C)c1ccc(C(N)=O)cc1N. The van der Waals surface area contributed by atoms with Crippen molar-refractivity contribution < 1.29 is 4.79 Å². The molecule has 1 aromatic carbocycles. The van der Waals surface area contributed by atoms with Gasteiger partial charge in [-0.1, -0.05) is 0 Å². The molecule has 4 nitrogen and oxygen atoms in total. The fourth-order valence-electron chi connectivity index (χ4n) is 1.40. The van der Waals surface area contributed by atoms with E-state index >= 15 is 0 Å². The number of carbonyl (C=O) groups is 1. The van der Waals surface area contributed by atoms with E-state index in [0.717, 1.165) is 18.0 Å². The highest BCUT2D eigenvalue weighted by Gasteiger charge is 2.07. The van der Waals surface area contributed by atoms with Crippen LogP contribution in [0, 0.1) is 0 Å². The van der Waals surface area contributed by atoms with Gasteiger partial charge in [-0.05, 0) is 24.5 Å². The van der Waals surface area contributed by atoms with E-state index in [9.17, 15) is 4.79 Å². The van der Waals surface area contributed by atoms with Crippen molar-refractivity contribution in [1.82, 2.24) is 0 Å². The van der Waals surface area contributed by atoms with E-state index in [2.05, 4.69) is 11.2 Å². The summed E-state index contributed by atoms with van der Waals surface area (Å²) in [4.78, 5) is 13.0. The molecule has 0 unspecified atom stereocenters. The summed E-state index contributed by atoms with van der Waals surface area (Å²) in [7, 11) is 1.98. The normalized spacial score (nSPS) is 10.1. The summed E-state index contributed by atoms with van der Waals surface area (Å²) in [6, 6.07) is 5.15. The van der Waals surface area contributed by atoms with Gasteiger partial charge < -0.3 is 16.4 Å². The molecule has 0 aromatic heterocycles. The van der Waals surface area contributed by atoms with Gasteiger partial charge in [-0.2, -0.15) is 11.8 Å². The van der Waals surface area contributed by atoms with E-state index in [1.165, 1.54) is 0 Å². The number of rotatable bonds is 5. The molecular weight excluding hydrogens is 222 g/mol. The van der Waals surface area contributed by atoms with Crippen LogP contribution in [0.25, 0.3) is 0 Å². The molecule has 0 heterocycles. The highest BCUT2D eigenvalue weighted by atomic mass is 32.2. The molecule has 5 heteroatoms. The van der Waals surface area contributed by atoms with Gasteiger partial charge in [0.05, 0.1) is 11.4 Å². The first-order valence-electron chi connectivity index (χ1n) is 4.95. The van der Waals surface area contributed by atoms with Crippen molar-refractivity contribution in [3.63, 3.8) is 0 Å². The molecule has 0 bridgehead atoms. The number of primary amides is 1. The van der Waals surface area contributed by atoms with Crippen molar-refractivity contribution in [2.75, 3.05) is 36.2 Å². The molecule has 88 valence electrons. The molecule has 0 aliphatic carbocycles. The number of carbonyl (C=O) groups excluding carboxylic acids is 1. The second kappa shape index (κ2) is 5.65. The highest BCUT2D eigenvalue weighted by molar-refractivity contribution is 7.98. The minimum Gasteiger partial charge on any atom is -0.397 e. The molecule has 1 amide bonds. The maximum atomic E-state index is 11.0. The van der Waals surface area contributed by atoms with Gasteiger partial charge in [-0.25, -0.2) is 0 Å². The lowest BCUT2D eigenvalue weighted by Crippen LogP contribution is -2.21. The van der Waals surface area contributed by atoms with E-state index in [-0.39, 0.29) is 0 Å². The van der Waals surface area contributed by atoms with Gasteiger partial charge in [-0.15, -0.1) is 0 Å². The zero-order valence-electron chi connectivity index (χ0n) is 9.56. The van der Waals surface area contributed by atoms with Crippen molar-refractivity contribution in [2.24, 2.45) is 5.73 Å². The summed E-state index contributed by atoms with van der Waals surface area (Å²) in [5.41, 5.74) is 13.0. The predicted octanol–water partition coefficient (Wildman–Crippen LogP) is 1.17. The molecule has 4 N–H and O–H groups in total. The summed E-state index contributed by atoms with van der Waals surface area (Å²) in [6.07, 6.45) is 2.06. The van der Waals surface area contributed by atoms with Crippen LogP contribution in [0.2, 0.25) is 0 Å². The molecule has 0 saturated heterocycles. The Kier molecular flexibility index (Phi) is 4.49. The zero-order valence-corrected chi connectivity index (χ0v) is 10.4. The second-order valence-electron chi connectivity index (χ2n) is 3.55. The van der Waals surface area contributed by atoms with E-state index < -0.39 is 5.91 Å². The van der Waals surface area contributed by atoms with Gasteiger partial charge in [0.25, 0.3) is 0 Å². The Morgan fingerprint density at radius 1 is 1.50 bits per heavy atom. The van der Waals surface area contributed by atoms with E-state index in [1.807, 2.05) is 13.1 Å². The number of hydrogen-bond donors (Lipinski definition) is 2. The predicted molar refractivity (Wildman–Crippen MR) is 71.0 cm³/mol. The number of hydrogen-bond acceptors (Lipinski definition) is 4. The molecule has 16 heavy (non-hydrogen) atoms. The standard InChI is InChI=1S/C11H17N3OS/c1-14(5-6-16-2)10-4-3-8(11(13)15)7-9(10)12/h3-4,7H,5-6,12H2,1-2H3,(H2,13,15). The van der Waals surface area contributed by atoms with Crippen molar-refractivity contribution in [2.45, 2.75) is 0 Å². The lowest BCUT2D eigenvalue weighted by atomic mass is 10.1. The first-order chi connectivity index (χ1) is 7.56. The van der Waals surface area contributed by atoms with Gasteiger partial charge in [0.15, 0.2) is 0 Å². The fraction of sp³-hybridized carbons (Fsp3) is 0.364.